The largest absolute Gasteiger partial charge is 0.493 e. The highest BCUT2D eigenvalue weighted by atomic mass is 35.5. The van der Waals surface area contributed by atoms with Gasteiger partial charge in [-0.3, -0.25) is 4.90 Å². The maximum atomic E-state index is 14.5. The number of hydrogen-bond acceptors (Lipinski definition) is 4. The average Bonchev–Trinajstić information content (AvgIpc) is 3.72. The molecule has 3 aliphatic rings. The molecule has 2 aliphatic carbocycles. The number of rotatable bonds is 8. The van der Waals surface area contributed by atoms with Crippen molar-refractivity contribution >= 4 is 17.6 Å². The number of hydrogen-bond donors (Lipinski definition) is 0. The monoisotopic (exact) mass is 471 g/mol. The second-order valence-electron chi connectivity index (χ2n) is 9.79. The molecule has 0 spiro atoms. The zero-order valence-electron chi connectivity index (χ0n) is 19.1. The molecule has 0 unspecified atom stereocenters. The number of ether oxygens (including phenoxy) is 2. The standard InChI is InChI=1S/C27H31ClFNO3/c1-32-27(31)23-13-22(19-4-5-19)26(14-25(23)29)33-16-17-8-10-30(11-9-17)15-21-7-6-20(12-24(21)28)18-2-3-18/h6-7,12-14,17-19H,2-5,8-11,15-16H2,1H3. The number of halogens is 2. The van der Waals surface area contributed by atoms with E-state index in [1.54, 1.807) is 6.07 Å². The van der Waals surface area contributed by atoms with Crippen LogP contribution in [0, 0.1) is 11.7 Å². The fourth-order valence-corrected chi connectivity index (χ4v) is 5.05. The average molecular weight is 472 g/mol. The third-order valence-corrected chi connectivity index (χ3v) is 7.58. The molecule has 0 aromatic heterocycles. The first-order chi connectivity index (χ1) is 16.0. The molecule has 1 saturated heterocycles. The van der Waals surface area contributed by atoms with Crippen LogP contribution in [0.4, 0.5) is 4.39 Å². The number of carbonyl (C=O) groups excluding carboxylic acids is 1. The molecule has 0 N–H and O–H groups in total. The Morgan fingerprint density at radius 3 is 2.42 bits per heavy atom. The van der Waals surface area contributed by atoms with E-state index in [4.69, 9.17) is 21.1 Å². The van der Waals surface area contributed by atoms with E-state index in [1.165, 1.54) is 37.1 Å². The van der Waals surface area contributed by atoms with Gasteiger partial charge < -0.3 is 9.47 Å². The van der Waals surface area contributed by atoms with Crippen LogP contribution in [0.1, 0.15) is 77.4 Å². The number of nitrogens with zero attached hydrogens (tertiary/aromatic N) is 1. The van der Waals surface area contributed by atoms with Crippen molar-refractivity contribution in [2.24, 2.45) is 5.92 Å². The Kier molecular flexibility index (Phi) is 6.62. The normalized spacial score (nSPS) is 19.5. The summed E-state index contributed by atoms with van der Waals surface area (Å²) in [4.78, 5) is 14.3. The number of esters is 1. The predicted octanol–water partition coefficient (Wildman–Crippen LogP) is 6.31. The summed E-state index contributed by atoms with van der Waals surface area (Å²) in [5.41, 5.74) is 3.50. The molecule has 33 heavy (non-hydrogen) atoms. The Morgan fingerprint density at radius 1 is 1.06 bits per heavy atom. The van der Waals surface area contributed by atoms with Gasteiger partial charge in [-0.05, 0) is 98.2 Å². The predicted molar refractivity (Wildman–Crippen MR) is 127 cm³/mol. The van der Waals surface area contributed by atoms with Crippen molar-refractivity contribution in [2.75, 3.05) is 26.8 Å². The van der Waals surface area contributed by atoms with Gasteiger partial charge in [-0.2, -0.15) is 0 Å². The molecular weight excluding hydrogens is 441 g/mol. The van der Waals surface area contributed by atoms with Crippen molar-refractivity contribution < 1.29 is 18.7 Å². The van der Waals surface area contributed by atoms with E-state index in [9.17, 15) is 9.18 Å². The van der Waals surface area contributed by atoms with Crippen LogP contribution in [0.15, 0.2) is 30.3 Å². The molecule has 5 rings (SSSR count). The summed E-state index contributed by atoms with van der Waals surface area (Å²) >= 11 is 6.56. The van der Waals surface area contributed by atoms with Gasteiger partial charge in [0.1, 0.15) is 11.6 Å². The minimum atomic E-state index is -0.643. The van der Waals surface area contributed by atoms with E-state index >= 15 is 0 Å². The van der Waals surface area contributed by atoms with E-state index in [0.717, 1.165) is 61.8 Å². The maximum Gasteiger partial charge on any atom is 0.340 e. The van der Waals surface area contributed by atoms with Crippen LogP contribution in [-0.4, -0.2) is 37.7 Å². The lowest BCUT2D eigenvalue weighted by Crippen LogP contribution is -2.35. The molecule has 6 heteroatoms. The lowest BCUT2D eigenvalue weighted by Gasteiger charge is -2.32. The number of methoxy groups -OCH3 is 1. The molecule has 2 saturated carbocycles. The number of likely N-dealkylation sites (tertiary alicyclic amines) is 1. The van der Waals surface area contributed by atoms with Crippen LogP contribution < -0.4 is 4.74 Å². The van der Waals surface area contributed by atoms with Gasteiger partial charge in [0, 0.05) is 17.6 Å². The van der Waals surface area contributed by atoms with Gasteiger partial charge in [-0.1, -0.05) is 23.7 Å². The van der Waals surface area contributed by atoms with Gasteiger partial charge in [-0.15, -0.1) is 0 Å². The summed E-state index contributed by atoms with van der Waals surface area (Å²) in [6, 6.07) is 9.56. The van der Waals surface area contributed by atoms with Crippen LogP contribution in [0.5, 0.6) is 5.75 Å². The Morgan fingerprint density at radius 2 is 1.79 bits per heavy atom. The third-order valence-electron chi connectivity index (χ3n) is 7.22. The molecule has 0 atom stereocenters. The number of carbonyl (C=O) groups is 1. The van der Waals surface area contributed by atoms with E-state index in [-0.39, 0.29) is 5.56 Å². The fraction of sp³-hybridized carbons (Fsp3) is 0.519. The Hall–Kier alpha value is -2.11. The van der Waals surface area contributed by atoms with Gasteiger partial charge >= 0.3 is 5.97 Å². The maximum absolute atomic E-state index is 14.5. The number of piperidine rings is 1. The quantitative estimate of drug-likeness (QED) is 0.423. The Labute approximate surface area is 200 Å². The highest BCUT2D eigenvalue weighted by Crippen LogP contribution is 2.45. The van der Waals surface area contributed by atoms with E-state index in [0.29, 0.717) is 24.2 Å². The van der Waals surface area contributed by atoms with Gasteiger partial charge in [-0.25, -0.2) is 9.18 Å². The van der Waals surface area contributed by atoms with Crippen molar-refractivity contribution in [1.29, 1.82) is 0 Å². The number of benzene rings is 2. The molecule has 0 amide bonds. The molecule has 1 aliphatic heterocycles. The second kappa shape index (κ2) is 9.63. The zero-order chi connectivity index (χ0) is 22.9. The summed E-state index contributed by atoms with van der Waals surface area (Å²) in [5.74, 6) is 0.855. The van der Waals surface area contributed by atoms with E-state index in [1.807, 2.05) is 0 Å². The van der Waals surface area contributed by atoms with Gasteiger partial charge in [0.05, 0.1) is 19.3 Å². The molecule has 176 valence electrons. The Bertz CT molecular complexity index is 1030. The highest BCUT2D eigenvalue weighted by molar-refractivity contribution is 6.31. The molecule has 2 aromatic carbocycles. The SMILES string of the molecule is COC(=O)c1cc(C2CC2)c(OCC2CCN(Cc3ccc(C4CC4)cc3Cl)CC2)cc1F. The zero-order valence-corrected chi connectivity index (χ0v) is 19.9. The summed E-state index contributed by atoms with van der Waals surface area (Å²) in [6.07, 6.45) is 6.75. The first-order valence-corrected chi connectivity index (χ1v) is 12.4. The lowest BCUT2D eigenvalue weighted by atomic mass is 9.97. The van der Waals surface area contributed by atoms with Crippen LogP contribution in [0.2, 0.25) is 5.02 Å². The highest BCUT2D eigenvalue weighted by Gasteiger charge is 2.30. The summed E-state index contributed by atoms with van der Waals surface area (Å²) in [5, 5.41) is 0.884. The first kappa shape index (κ1) is 22.7. The summed E-state index contributed by atoms with van der Waals surface area (Å²) < 4.78 is 25.3. The second-order valence-corrected chi connectivity index (χ2v) is 10.2. The molecule has 0 bridgehead atoms. The minimum Gasteiger partial charge on any atom is -0.493 e. The van der Waals surface area contributed by atoms with Crippen molar-refractivity contribution in [3.63, 3.8) is 0 Å². The van der Waals surface area contributed by atoms with E-state index < -0.39 is 11.8 Å². The van der Waals surface area contributed by atoms with Crippen LogP contribution >= 0.6 is 11.6 Å². The smallest absolute Gasteiger partial charge is 0.340 e. The summed E-state index contributed by atoms with van der Waals surface area (Å²) in [6.45, 7) is 3.45. The van der Waals surface area contributed by atoms with Gasteiger partial charge in [0.25, 0.3) is 0 Å². The van der Waals surface area contributed by atoms with Crippen LogP contribution in [-0.2, 0) is 11.3 Å². The molecule has 2 aromatic rings. The van der Waals surface area contributed by atoms with Gasteiger partial charge in [0.15, 0.2) is 0 Å². The Balaban J connectivity index is 1.15. The van der Waals surface area contributed by atoms with Crippen LogP contribution in [0.3, 0.4) is 0 Å². The molecule has 0 radical (unpaired) electrons. The fourth-order valence-electron chi connectivity index (χ4n) is 4.80. The molecule has 3 fully saturated rings. The first-order valence-electron chi connectivity index (χ1n) is 12.1. The molecular formula is C27H31ClFNO3. The lowest BCUT2D eigenvalue weighted by molar-refractivity contribution is 0.0595. The van der Waals surface area contributed by atoms with Crippen molar-refractivity contribution in [2.45, 2.75) is 56.9 Å². The van der Waals surface area contributed by atoms with Crippen molar-refractivity contribution in [3.05, 3.63) is 63.4 Å². The molecule has 4 nitrogen and oxygen atoms in total. The topological polar surface area (TPSA) is 38.8 Å². The minimum absolute atomic E-state index is 0.0103. The van der Waals surface area contributed by atoms with Crippen molar-refractivity contribution in [3.8, 4) is 5.75 Å². The summed E-state index contributed by atoms with van der Waals surface area (Å²) in [7, 11) is 1.27. The molecule has 1 heterocycles. The third kappa shape index (κ3) is 5.36. The van der Waals surface area contributed by atoms with E-state index in [2.05, 4.69) is 23.1 Å². The van der Waals surface area contributed by atoms with Crippen molar-refractivity contribution in [1.82, 2.24) is 4.90 Å². The van der Waals surface area contributed by atoms with Crippen LogP contribution in [0.25, 0.3) is 0 Å². The van der Waals surface area contributed by atoms with Gasteiger partial charge in [0.2, 0.25) is 0 Å².